The quantitative estimate of drug-likeness (QED) is 0.912. The molecule has 0 aliphatic heterocycles. The molecule has 2 aromatic carbocycles. The lowest BCUT2D eigenvalue weighted by molar-refractivity contribution is 0.434. The van der Waals surface area contributed by atoms with Gasteiger partial charge in [0.15, 0.2) is 11.6 Å². The van der Waals surface area contributed by atoms with E-state index in [1.165, 1.54) is 6.07 Å². The third kappa shape index (κ3) is 2.89. The fourth-order valence-electron chi connectivity index (χ4n) is 1.62. The SMILES string of the molecule is C[C@H](N)c1ccccc1Oc1cc(Br)ccc1F. The first-order valence-electron chi connectivity index (χ1n) is 5.55. The van der Waals surface area contributed by atoms with Gasteiger partial charge in [-0.15, -0.1) is 0 Å². The Labute approximate surface area is 114 Å². The van der Waals surface area contributed by atoms with Gasteiger partial charge in [0.25, 0.3) is 0 Å². The maximum atomic E-state index is 13.6. The highest BCUT2D eigenvalue weighted by Gasteiger charge is 2.11. The minimum Gasteiger partial charge on any atom is -0.454 e. The highest BCUT2D eigenvalue weighted by molar-refractivity contribution is 9.10. The molecule has 4 heteroatoms. The van der Waals surface area contributed by atoms with Gasteiger partial charge < -0.3 is 10.5 Å². The van der Waals surface area contributed by atoms with Crippen molar-refractivity contribution in [2.45, 2.75) is 13.0 Å². The zero-order valence-electron chi connectivity index (χ0n) is 9.86. The second kappa shape index (κ2) is 5.50. The molecule has 0 aromatic heterocycles. The topological polar surface area (TPSA) is 35.2 Å². The number of nitrogens with two attached hydrogens (primary N) is 1. The molecule has 94 valence electrons. The van der Waals surface area contributed by atoms with Crippen LogP contribution < -0.4 is 10.5 Å². The van der Waals surface area contributed by atoms with Crippen LogP contribution in [0.15, 0.2) is 46.9 Å². The number of hydrogen-bond donors (Lipinski definition) is 1. The largest absolute Gasteiger partial charge is 0.454 e. The van der Waals surface area contributed by atoms with E-state index in [9.17, 15) is 4.39 Å². The van der Waals surface area contributed by atoms with Gasteiger partial charge >= 0.3 is 0 Å². The third-order valence-corrected chi connectivity index (χ3v) is 3.02. The van der Waals surface area contributed by atoms with Gasteiger partial charge in [0.2, 0.25) is 0 Å². The molecule has 0 saturated carbocycles. The lowest BCUT2D eigenvalue weighted by atomic mass is 10.1. The maximum Gasteiger partial charge on any atom is 0.165 e. The van der Waals surface area contributed by atoms with E-state index >= 15 is 0 Å². The van der Waals surface area contributed by atoms with Gasteiger partial charge in [0, 0.05) is 16.1 Å². The van der Waals surface area contributed by atoms with Crippen LogP contribution in [0.3, 0.4) is 0 Å². The van der Waals surface area contributed by atoms with E-state index in [-0.39, 0.29) is 11.8 Å². The van der Waals surface area contributed by atoms with Crippen molar-refractivity contribution in [1.29, 1.82) is 0 Å². The van der Waals surface area contributed by atoms with Crippen molar-refractivity contribution < 1.29 is 9.13 Å². The van der Waals surface area contributed by atoms with E-state index < -0.39 is 5.82 Å². The molecule has 0 unspecified atom stereocenters. The van der Waals surface area contributed by atoms with Gasteiger partial charge in [0.1, 0.15) is 5.75 Å². The number of halogens is 2. The molecule has 0 saturated heterocycles. The number of ether oxygens (including phenoxy) is 1. The molecule has 0 aliphatic carbocycles. The van der Waals surface area contributed by atoms with Crippen LogP contribution in [0, 0.1) is 5.82 Å². The van der Waals surface area contributed by atoms with Crippen molar-refractivity contribution >= 4 is 15.9 Å². The predicted molar refractivity (Wildman–Crippen MR) is 73.2 cm³/mol. The molecule has 2 rings (SSSR count). The summed E-state index contributed by atoms with van der Waals surface area (Å²) in [5.41, 5.74) is 6.70. The van der Waals surface area contributed by atoms with Crippen LogP contribution in [0.5, 0.6) is 11.5 Å². The normalized spacial score (nSPS) is 12.2. The van der Waals surface area contributed by atoms with Crippen molar-refractivity contribution in [2.24, 2.45) is 5.73 Å². The van der Waals surface area contributed by atoms with Gasteiger partial charge in [-0.2, -0.15) is 0 Å². The van der Waals surface area contributed by atoms with Crippen LogP contribution in [0.4, 0.5) is 4.39 Å². The number of para-hydroxylation sites is 1. The monoisotopic (exact) mass is 309 g/mol. The smallest absolute Gasteiger partial charge is 0.165 e. The summed E-state index contributed by atoms with van der Waals surface area (Å²) < 4.78 is 20.0. The molecule has 1 atom stereocenters. The van der Waals surface area contributed by atoms with Crippen LogP contribution in [-0.4, -0.2) is 0 Å². The van der Waals surface area contributed by atoms with Gasteiger partial charge in [-0.05, 0) is 31.2 Å². The molecule has 0 radical (unpaired) electrons. The molecule has 2 aromatic rings. The molecule has 0 bridgehead atoms. The summed E-state index contributed by atoms with van der Waals surface area (Å²) in [7, 11) is 0. The van der Waals surface area contributed by atoms with E-state index in [4.69, 9.17) is 10.5 Å². The third-order valence-electron chi connectivity index (χ3n) is 2.52. The van der Waals surface area contributed by atoms with Crippen molar-refractivity contribution in [3.63, 3.8) is 0 Å². The average molecular weight is 310 g/mol. The molecule has 0 aliphatic rings. The molecule has 0 heterocycles. The Morgan fingerprint density at radius 1 is 1.17 bits per heavy atom. The van der Waals surface area contributed by atoms with E-state index in [2.05, 4.69) is 15.9 Å². The summed E-state index contributed by atoms with van der Waals surface area (Å²) in [4.78, 5) is 0. The Morgan fingerprint density at radius 3 is 2.61 bits per heavy atom. The van der Waals surface area contributed by atoms with Gasteiger partial charge in [0.05, 0.1) is 0 Å². The Balaban J connectivity index is 2.37. The fourth-order valence-corrected chi connectivity index (χ4v) is 1.96. The first-order chi connectivity index (χ1) is 8.58. The molecule has 2 nitrogen and oxygen atoms in total. The summed E-state index contributed by atoms with van der Waals surface area (Å²) in [6.45, 7) is 1.86. The van der Waals surface area contributed by atoms with Gasteiger partial charge in [-0.25, -0.2) is 4.39 Å². The Hall–Kier alpha value is -1.39. The van der Waals surface area contributed by atoms with E-state index in [0.29, 0.717) is 5.75 Å². The summed E-state index contributed by atoms with van der Waals surface area (Å²) in [5, 5.41) is 0. The van der Waals surface area contributed by atoms with Crippen LogP contribution in [0.1, 0.15) is 18.5 Å². The zero-order valence-corrected chi connectivity index (χ0v) is 11.4. The van der Waals surface area contributed by atoms with Crippen molar-refractivity contribution in [1.82, 2.24) is 0 Å². The molecule has 0 spiro atoms. The van der Waals surface area contributed by atoms with Crippen LogP contribution in [0.25, 0.3) is 0 Å². The zero-order chi connectivity index (χ0) is 13.1. The number of benzene rings is 2. The second-order valence-electron chi connectivity index (χ2n) is 4.00. The lowest BCUT2D eigenvalue weighted by Gasteiger charge is -2.14. The predicted octanol–water partition coefficient (Wildman–Crippen LogP) is 4.40. The Kier molecular flexibility index (Phi) is 3.99. The van der Waals surface area contributed by atoms with Crippen molar-refractivity contribution in [2.75, 3.05) is 0 Å². The second-order valence-corrected chi connectivity index (χ2v) is 4.92. The van der Waals surface area contributed by atoms with E-state index in [1.807, 2.05) is 25.1 Å². The first kappa shape index (κ1) is 13.1. The maximum absolute atomic E-state index is 13.6. The van der Waals surface area contributed by atoms with Crippen LogP contribution >= 0.6 is 15.9 Å². The first-order valence-corrected chi connectivity index (χ1v) is 6.34. The Bertz CT molecular complexity index is 557. The standard InChI is InChI=1S/C14H13BrFNO/c1-9(17)11-4-2-3-5-13(11)18-14-8-10(15)6-7-12(14)16/h2-9H,17H2,1H3/t9-/m0/s1. The number of hydrogen-bond acceptors (Lipinski definition) is 2. The molecule has 18 heavy (non-hydrogen) atoms. The fraction of sp³-hybridized carbons (Fsp3) is 0.143. The minimum absolute atomic E-state index is 0.170. The summed E-state index contributed by atoms with van der Waals surface area (Å²) in [5.74, 6) is 0.347. The summed E-state index contributed by atoms with van der Waals surface area (Å²) >= 11 is 3.29. The molecule has 2 N–H and O–H groups in total. The molecular weight excluding hydrogens is 297 g/mol. The highest BCUT2D eigenvalue weighted by Crippen LogP contribution is 2.31. The highest BCUT2D eigenvalue weighted by atomic mass is 79.9. The van der Waals surface area contributed by atoms with Crippen LogP contribution in [0.2, 0.25) is 0 Å². The van der Waals surface area contributed by atoms with E-state index in [1.54, 1.807) is 18.2 Å². The number of rotatable bonds is 3. The summed E-state index contributed by atoms with van der Waals surface area (Å²) in [6, 6.07) is 11.8. The lowest BCUT2D eigenvalue weighted by Crippen LogP contribution is -2.06. The molecular formula is C14H13BrFNO. The molecule has 0 fully saturated rings. The van der Waals surface area contributed by atoms with Crippen molar-refractivity contribution in [3.05, 3.63) is 58.3 Å². The Morgan fingerprint density at radius 2 is 1.89 bits per heavy atom. The average Bonchev–Trinajstić information content (AvgIpc) is 2.34. The van der Waals surface area contributed by atoms with Crippen molar-refractivity contribution in [3.8, 4) is 11.5 Å². The minimum atomic E-state index is -0.405. The van der Waals surface area contributed by atoms with Crippen LogP contribution in [-0.2, 0) is 0 Å². The van der Waals surface area contributed by atoms with E-state index in [0.717, 1.165) is 10.0 Å². The molecule has 0 amide bonds. The summed E-state index contributed by atoms with van der Waals surface area (Å²) in [6.07, 6.45) is 0. The van der Waals surface area contributed by atoms with Gasteiger partial charge in [-0.3, -0.25) is 0 Å². The van der Waals surface area contributed by atoms with Gasteiger partial charge in [-0.1, -0.05) is 34.1 Å².